The number of carbonyl (C=O) groups excluding carboxylic acids is 2. The van der Waals surface area contributed by atoms with Crippen LogP contribution in [0.25, 0.3) is 0 Å². The molecular formula is C15H15FN2O4. The second-order valence-corrected chi connectivity index (χ2v) is 5.68. The van der Waals surface area contributed by atoms with E-state index < -0.39 is 29.2 Å². The first-order valence-corrected chi connectivity index (χ1v) is 7.05. The van der Waals surface area contributed by atoms with Crippen molar-refractivity contribution in [1.29, 1.82) is 0 Å². The monoisotopic (exact) mass is 306 g/mol. The summed E-state index contributed by atoms with van der Waals surface area (Å²) < 4.78 is 12.9. The van der Waals surface area contributed by atoms with Gasteiger partial charge in [-0.3, -0.25) is 9.59 Å². The average Bonchev–Trinajstić information content (AvgIpc) is 3.16. The maximum atomic E-state index is 12.9. The third-order valence-electron chi connectivity index (χ3n) is 4.18. The van der Waals surface area contributed by atoms with Crippen molar-refractivity contribution >= 4 is 23.5 Å². The number of aliphatic carboxylic acids is 1. The lowest BCUT2D eigenvalue weighted by molar-refractivity contribution is -0.144. The molecule has 1 saturated carbocycles. The van der Waals surface area contributed by atoms with E-state index in [1.165, 1.54) is 29.2 Å². The lowest BCUT2D eigenvalue weighted by Crippen LogP contribution is -2.47. The number of halogens is 1. The number of benzene rings is 1. The normalized spacial score (nSPS) is 22.5. The molecule has 1 aliphatic heterocycles. The number of carboxylic acid groups (broad SMARTS) is 1. The van der Waals surface area contributed by atoms with Crippen molar-refractivity contribution in [3.63, 3.8) is 0 Å². The quantitative estimate of drug-likeness (QED) is 0.810. The van der Waals surface area contributed by atoms with E-state index in [-0.39, 0.29) is 5.91 Å². The molecule has 2 fully saturated rings. The van der Waals surface area contributed by atoms with Crippen LogP contribution in [-0.2, 0) is 14.4 Å². The van der Waals surface area contributed by atoms with Gasteiger partial charge in [0, 0.05) is 12.2 Å². The Labute approximate surface area is 125 Å². The molecule has 0 aromatic heterocycles. The average molecular weight is 306 g/mol. The van der Waals surface area contributed by atoms with Crippen molar-refractivity contribution in [3.05, 3.63) is 30.1 Å². The molecule has 116 valence electrons. The molecule has 0 spiro atoms. The zero-order valence-corrected chi connectivity index (χ0v) is 11.7. The van der Waals surface area contributed by atoms with E-state index in [4.69, 9.17) is 5.11 Å². The topological polar surface area (TPSA) is 86.7 Å². The van der Waals surface area contributed by atoms with Gasteiger partial charge >= 0.3 is 5.97 Å². The molecule has 2 N–H and O–H groups in total. The van der Waals surface area contributed by atoms with Crippen molar-refractivity contribution in [2.45, 2.75) is 24.8 Å². The highest BCUT2D eigenvalue weighted by atomic mass is 19.1. The molecule has 2 amide bonds. The van der Waals surface area contributed by atoms with Gasteiger partial charge in [-0.1, -0.05) is 0 Å². The first-order valence-electron chi connectivity index (χ1n) is 7.05. The van der Waals surface area contributed by atoms with Gasteiger partial charge in [-0.15, -0.1) is 0 Å². The molecule has 1 aromatic carbocycles. The molecule has 6 nitrogen and oxygen atoms in total. The van der Waals surface area contributed by atoms with E-state index in [1.807, 2.05) is 0 Å². The fourth-order valence-electron chi connectivity index (χ4n) is 2.64. The maximum absolute atomic E-state index is 12.9. The minimum Gasteiger partial charge on any atom is -0.480 e. The Bertz CT molecular complexity index is 639. The van der Waals surface area contributed by atoms with Crippen LogP contribution in [0.5, 0.6) is 0 Å². The van der Waals surface area contributed by atoms with Crippen LogP contribution in [0.3, 0.4) is 0 Å². The van der Waals surface area contributed by atoms with Crippen molar-refractivity contribution < 1.29 is 23.9 Å². The van der Waals surface area contributed by atoms with E-state index in [9.17, 15) is 18.8 Å². The van der Waals surface area contributed by atoms with Gasteiger partial charge in [0.05, 0.1) is 0 Å². The second-order valence-electron chi connectivity index (χ2n) is 5.68. The van der Waals surface area contributed by atoms with E-state index in [0.717, 1.165) is 0 Å². The Morgan fingerprint density at radius 3 is 2.45 bits per heavy atom. The Hall–Kier alpha value is -2.44. The third kappa shape index (κ3) is 2.43. The van der Waals surface area contributed by atoms with E-state index in [1.54, 1.807) is 0 Å². The second kappa shape index (κ2) is 5.08. The van der Waals surface area contributed by atoms with E-state index in [2.05, 4.69) is 5.32 Å². The van der Waals surface area contributed by atoms with Gasteiger partial charge in [-0.05, 0) is 43.5 Å². The predicted octanol–water partition coefficient (Wildman–Crippen LogP) is 0.912. The molecule has 3 rings (SSSR count). The van der Waals surface area contributed by atoms with Crippen molar-refractivity contribution in [2.24, 2.45) is 5.92 Å². The molecule has 0 radical (unpaired) electrons. The van der Waals surface area contributed by atoms with Crippen molar-refractivity contribution in [2.75, 3.05) is 11.4 Å². The van der Waals surface area contributed by atoms with Crippen LogP contribution in [0.15, 0.2) is 24.3 Å². The van der Waals surface area contributed by atoms with Crippen LogP contribution >= 0.6 is 0 Å². The van der Waals surface area contributed by atoms with E-state index >= 15 is 0 Å². The van der Waals surface area contributed by atoms with Crippen LogP contribution in [-0.4, -0.2) is 35.0 Å². The molecule has 1 aliphatic carbocycles. The summed E-state index contributed by atoms with van der Waals surface area (Å²) in [5.41, 5.74) is -0.665. The molecule has 1 heterocycles. The number of nitrogens with zero attached hydrogens (tertiary/aromatic N) is 1. The van der Waals surface area contributed by atoms with Gasteiger partial charge in [-0.2, -0.15) is 0 Å². The first-order chi connectivity index (χ1) is 10.4. The predicted molar refractivity (Wildman–Crippen MR) is 74.6 cm³/mol. The lowest BCUT2D eigenvalue weighted by Gasteiger charge is -2.18. The van der Waals surface area contributed by atoms with Gasteiger partial charge in [0.15, 0.2) is 0 Å². The summed E-state index contributed by atoms with van der Waals surface area (Å²) >= 11 is 0. The summed E-state index contributed by atoms with van der Waals surface area (Å²) in [6, 6.07) is 5.46. The zero-order chi connectivity index (χ0) is 15.9. The molecule has 1 unspecified atom stereocenters. The van der Waals surface area contributed by atoms with Crippen LogP contribution in [0.4, 0.5) is 10.1 Å². The SMILES string of the molecule is O=C(NC1(C(=O)O)CC1)C1CCN(c2ccc(F)cc2)C1=O. The van der Waals surface area contributed by atoms with Crippen molar-refractivity contribution in [1.82, 2.24) is 5.32 Å². The number of rotatable bonds is 4. The third-order valence-corrected chi connectivity index (χ3v) is 4.18. The molecular weight excluding hydrogens is 291 g/mol. The number of carboxylic acids is 1. The fraction of sp³-hybridized carbons (Fsp3) is 0.400. The molecule has 1 saturated heterocycles. The standard InChI is InChI=1S/C15H15FN2O4/c16-9-1-3-10(4-2-9)18-8-5-11(13(18)20)12(19)17-15(6-7-15)14(21)22/h1-4,11H,5-8H2,(H,17,19)(H,21,22). The summed E-state index contributed by atoms with van der Waals surface area (Å²) in [4.78, 5) is 37.0. The van der Waals surface area contributed by atoms with Gasteiger partial charge < -0.3 is 15.3 Å². The molecule has 1 atom stereocenters. The molecule has 7 heteroatoms. The van der Waals surface area contributed by atoms with Crippen LogP contribution in [0.1, 0.15) is 19.3 Å². The summed E-state index contributed by atoms with van der Waals surface area (Å²) in [7, 11) is 0. The van der Waals surface area contributed by atoms with Gasteiger partial charge in [0.1, 0.15) is 17.3 Å². The molecule has 0 bridgehead atoms. The highest BCUT2D eigenvalue weighted by molar-refractivity contribution is 6.10. The molecule has 1 aromatic rings. The number of hydrogen-bond acceptors (Lipinski definition) is 3. The Morgan fingerprint density at radius 2 is 1.91 bits per heavy atom. The maximum Gasteiger partial charge on any atom is 0.329 e. The minimum absolute atomic E-state index is 0.317. The summed E-state index contributed by atoms with van der Waals surface area (Å²) in [5, 5.41) is 11.5. The van der Waals surface area contributed by atoms with Gasteiger partial charge in [0.25, 0.3) is 0 Å². The highest BCUT2D eigenvalue weighted by Crippen LogP contribution is 2.36. The smallest absolute Gasteiger partial charge is 0.329 e. The Kier molecular flexibility index (Phi) is 3.35. The largest absolute Gasteiger partial charge is 0.480 e. The number of nitrogens with one attached hydrogen (secondary N) is 1. The Morgan fingerprint density at radius 1 is 1.27 bits per heavy atom. The fourth-order valence-corrected chi connectivity index (χ4v) is 2.64. The van der Waals surface area contributed by atoms with Crippen LogP contribution in [0, 0.1) is 11.7 Å². The number of carbonyl (C=O) groups is 3. The first kappa shape index (κ1) is 14.5. The lowest BCUT2D eigenvalue weighted by atomic mass is 10.1. The summed E-state index contributed by atoms with van der Waals surface area (Å²) in [5.74, 6) is -3.29. The van der Waals surface area contributed by atoms with Crippen LogP contribution in [0.2, 0.25) is 0 Å². The van der Waals surface area contributed by atoms with Gasteiger partial charge in [-0.25, -0.2) is 9.18 Å². The number of amides is 2. The zero-order valence-electron chi connectivity index (χ0n) is 11.7. The molecule has 2 aliphatic rings. The minimum atomic E-state index is -1.19. The highest BCUT2D eigenvalue weighted by Gasteiger charge is 2.53. The Balaban J connectivity index is 1.70. The van der Waals surface area contributed by atoms with E-state index in [0.29, 0.717) is 31.5 Å². The van der Waals surface area contributed by atoms with Gasteiger partial charge in [0.2, 0.25) is 11.8 Å². The molecule has 22 heavy (non-hydrogen) atoms. The van der Waals surface area contributed by atoms with Crippen molar-refractivity contribution in [3.8, 4) is 0 Å². The summed E-state index contributed by atoms with van der Waals surface area (Å²) in [6.45, 7) is 0.350. The number of hydrogen-bond donors (Lipinski definition) is 2. The number of anilines is 1. The summed E-state index contributed by atoms with van der Waals surface area (Å²) in [6.07, 6.45) is 1.09. The van der Waals surface area contributed by atoms with Crippen LogP contribution < -0.4 is 10.2 Å².